The second kappa shape index (κ2) is 13.8. The Morgan fingerprint density at radius 3 is 1.38 bits per heavy atom. The standard InChI is InChI=1S/C51H35N3S/c1-6-19-36(20-7-1)39-33-34-42(45(35-39)37-21-8-2-9-22-37)50-52-49(38-23-10-3-11-24-38)53-51(54-50)44-30-18-32-47-48(44)43-29-16-17-31-46(43)55(47,40-25-12-4-13-26-40)41-27-14-5-15-28-41/h1-35H. The van der Waals surface area contributed by atoms with Crippen LogP contribution in [0.5, 0.6) is 0 Å². The number of hydrogen-bond acceptors (Lipinski definition) is 3. The van der Waals surface area contributed by atoms with Crippen molar-refractivity contribution in [1.29, 1.82) is 0 Å². The van der Waals surface area contributed by atoms with E-state index >= 15 is 0 Å². The van der Waals surface area contributed by atoms with Gasteiger partial charge in [-0.3, -0.25) is 0 Å². The first-order valence-corrected chi connectivity index (χ1v) is 20.2. The molecular formula is C51H35N3S. The zero-order valence-electron chi connectivity index (χ0n) is 30.0. The minimum atomic E-state index is -1.84. The van der Waals surface area contributed by atoms with Gasteiger partial charge in [-0.1, -0.05) is 164 Å². The second-order valence-corrected chi connectivity index (χ2v) is 16.6. The van der Waals surface area contributed by atoms with E-state index in [0.29, 0.717) is 17.5 Å². The molecule has 1 aromatic heterocycles. The first-order valence-electron chi connectivity index (χ1n) is 18.5. The fourth-order valence-electron chi connectivity index (χ4n) is 7.94. The Bertz CT molecular complexity index is 2750. The van der Waals surface area contributed by atoms with Crippen molar-refractivity contribution in [1.82, 2.24) is 15.0 Å². The molecule has 9 aromatic rings. The third-order valence-corrected chi connectivity index (χ3v) is 14.4. The molecule has 4 heteroatoms. The highest BCUT2D eigenvalue weighted by atomic mass is 32.3. The molecule has 1 aliphatic heterocycles. The van der Waals surface area contributed by atoms with Crippen LogP contribution in [0.1, 0.15) is 0 Å². The predicted octanol–water partition coefficient (Wildman–Crippen LogP) is 13.5. The minimum Gasteiger partial charge on any atom is -0.208 e. The van der Waals surface area contributed by atoms with Gasteiger partial charge >= 0.3 is 0 Å². The summed E-state index contributed by atoms with van der Waals surface area (Å²) in [5.41, 5.74) is 9.76. The molecule has 1 aliphatic rings. The third-order valence-electron chi connectivity index (χ3n) is 10.4. The van der Waals surface area contributed by atoms with E-state index in [9.17, 15) is 0 Å². The number of fused-ring (bicyclic) bond motifs is 3. The minimum absolute atomic E-state index is 0.635. The van der Waals surface area contributed by atoms with E-state index in [0.717, 1.165) is 38.9 Å². The first-order chi connectivity index (χ1) is 27.3. The fourth-order valence-corrected chi connectivity index (χ4v) is 12.2. The molecule has 0 saturated heterocycles. The van der Waals surface area contributed by atoms with Gasteiger partial charge in [-0.2, -0.15) is 0 Å². The highest BCUT2D eigenvalue weighted by Gasteiger charge is 2.43. The summed E-state index contributed by atoms with van der Waals surface area (Å²) in [4.78, 5) is 21.2. The molecule has 0 spiro atoms. The third kappa shape index (κ3) is 5.58. The van der Waals surface area contributed by atoms with Gasteiger partial charge in [-0.25, -0.2) is 15.0 Å². The summed E-state index contributed by atoms with van der Waals surface area (Å²) < 4.78 is 0. The average molecular weight is 722 g/mol. The largest absolute Gasteiger partial charge is 0.208 e. The van der Waals surface area contributed by atoms with Crippen molar-refractivity contribution in [3.05, 3.63) is 212 Å². The van der Waals surface area contributed by atoms with E-state index in [4.69, 9.17) is 15.0 Å². The molecule has 0 N–H and O–H groups in total. The lowest BCUT2D eigenvalue weighted by atomic mass is 9.94. The molecule has 8 aromatic carbocycles. The van der Waals surface area contributed by atoms with Crippen LogP contribution < -0.4 is 0 Å². The molecule has 2 heterocycles. The normalized spacial score (nSPS) is 13.1. The van der Waals surface area contributed by atoms with Gasteiger partial charge in [0.15, 0.2) is 17.5 Å². The Hall–Kier alpha value is -6.88. The zero-order chi connectivity index (χ0) is 36.6. The molecule has 3 nitrogen and oxygen atoms in total. The van der Waals surface area contributed by atoms with Crippen LogP contribution in [0, 0.1) is 0 Å². The number of hydrogen-bond donors (Lipinski definition) is 0. The van der Waals surface area contributed by atoms with Gasteiger partial charge in [-0.05, 0) is 76.3 Å². The summed E-state index contributed by atoms with van der Waals surface area (Å²) in [5.74, 6) is 1.93. The molecule has 0 saturated carbocycles. The van der Waals surface area contributed by atoms with Crippen LogP contribution in [0.25, 0.3) is 67.5 Å². The first kappa shape index (κ1) is 32.7. The lowest BCUT2D eigenvalue weighted by Crippen LogP contribution is -2.03. The summed E-state index contributed by atoms with van der Waals surface area (Å²) in [6, 6.07) is 75.6. The van der Waals surface area contributed by atoms with Gasteiger partial charge in [0.1, 0.15) is 0 Å². The van der Waals surface area contributed by atoms with Crippen LogP contribution in [-0.2, 0) is 0 Å². The Morgan fingerprint density at radius 1 is 0.273 bits per heavy atom. The SMILES string of the molecule is c1ccc(-c2ccc(-c3nc(-c4ccccc4)nc(-c4cccc5c4-c4ccccc4S5(c4ccccc4)c4ccccc4)n3)c(-c3ccccc3)c2)cc1. The zero-order valence-corrected chi connectivity index (χ0v) is 30.8. The van der Waals surface area contributed by atoms with Crippen molar-refractivity contribution >= 4 is 10.0 Å². The number of nitrogens with zero attached hydrogens (tertiary/aromatic N) is 3. The van der Waals surface area contributed by atoms with Crippen molar-refractivity contribution in [3.63, 3.8) is 0 Å². The van der Waals surface area contributed by atoms with Gasteiger partial charge in [-0.15, -0.1) is 10.0 Å². The molecule has 10 rings (SSSR count). The molecular weight excluding hydrogens is 687 g/mol. The van der Waals surface area contributed by atoms with Crippen molar-refractivity contribution in [3.8, 4) is 67.5 Å². The maximum atomic E-state index is 5.42. The lowest BCUT2D eigenvalue weighted by Gasteiger charge is -2.39. The molecule has 0 amide bonds. The Balaban J connectivity index is 1.25. The molecule has 0 radical (unpaired) electrons. The van der Waals surface area contributed by atoms with E-state index in [1.54, 1.807) is 0 Å². The highest BCUT2D eigenvalue weighted by Crippen LogP contribution is 2.80. The van der Waals surface area contributed by atoms with Gasteiger partial charge in [0.25, 0.3) is 0 Å². The van der Waals surface area contributed by atoms with Crippen molar-refractivity contribution in [2.24, 2.45) is 0 Å². The fraction of sp³-hybridized carbons (Fsp3) is 0. The van der Waals surface area contributed by atoms with Crippen LogP contribution in [-0.4, -0.2) is 15.0 Å². The van der Waals surface area contributed by atoms with Crippen LogP contribution in [0.2, 0.25) is 0 Å². The van der Waals surface area contributed by atoms with Crippen molar-refractivity contribution in [2.75, 3.05) is 0 Å². The van der Waals surface area contributed by atoms with Crippen LogP contribution >= 0.6 is 10.0 Å². The van der Waals surface area contributed by atoms with E-state index in [-0.39, 0.29) is 0 Å². The quantitative estimate of drug-likeness (QED) is 0.164. The van der Waals surface area contributed by atoms with E-state index in [2.05, 4.69) is 194 Å². The second-order valence-electron chi connectivity index (χ2n) is 13.6. The summed E-state index contributed by atoms with van der Waals surface area (Å²) in [6.07, 6.45) is 0. The van der Waals surface area contributed by atoms with E-state index in [1.165, 1.54) is 30.7 Å². The number of aromatic nitrogens is 3. The average Bonchev–Trinajstić information content (AvgIpc) is 3.59. The molecule has 0 fully saturated rings. The van der Waals surface area contributed by atoms with Crippen LogP contribution in [0.15, 0.2) is 232 Å². The smallest absolute Gasteiger partial charge is 0.164 e. The highest BCUT2D eigenvalue weighted by molar-refractivity contribution is 8.34. The molecule has 0 atom stereocenters. The molecule has 0 bridgehead atoms. The number of rotatable bonds is 7. The lowest BCUT2D eigenvalue weighted by molar-refractivity contribution is 1.07. The maximum Gasteiger partial charge on any atom is 0.164 e. The van der Waals surface area contributed by atoms with Crippen LogP contribution in [0.3, 0.4) is 0 Å². The molecule has 0 unspecified atom stereocenters. The van der Waals surface area contributed by atoms with E-state index < -0.39 is 10.0 Å². The Labute approximate surface area is 323 Å². The van der Waals surface area contributed by atoms with Gasteiger partial charge in [0.05, 0.1) is 0 Å². The van der Waals surface area contributed by atoms with Crippen LogP contribution in [0.4, 0.5) is 0 Å². The molecule has 0 aliphatic carbocycles. The summed E-state index contributed by atoms with van der Waals surface area (Å²) in [5, 5.41) is 0. The van der Waals surface area contributed by atoms with Gasteiger partial charge in [0, 0.05) is 41.8 Å². The molecule has 260 valence electrons. The monoisotopic (exact) mass is 721 g/mol. The summed E-state index contributed by atoms with van der Waals surface area (Å²) in [7, 11) is -1.84. The maximum absolute atomic E-state index is 5.42. The Morgan fingerprint density at radius 2 is 0.745 bits per heavy atom. The van der Waals surface area contributed by atoms with Gasteiger partial charge in [0.2, 0.25) is 0 Å². The van der Waals surface area contributed by atoms with Crippen molar-refractivity contribution in [2.45, 2.75) is 19.6 Å². The molecule has 55 heavy (non-hydrogen) atoms. The Kier molecular flexibility index (Phi) is 8.24. The van der Waals surface area contributed by atoms with Gasteiger partial charge < -0.3 is 0 Å². The topological polar surface area (TPSA) is 38.7 Å². The number of benzene rings is 8. The predicted molar refractivity (Wildman–Crippen MR) is 226 cm³/mol. The summed E-state index contributed by atoms with van der Waals surface area (Å²) in [6.45, 7) is 0. The van der Waals surface area contributed by atoms with E-state index in [1.807, 2.05) is 18.2 Å². The summed E-state index contributed by atoms with van der Waals surface area (Å²) >= 11 is 0. The van der Waals surface area contributed by atoms with Crippen molar-refractivity contribution < 1.29 is 0 Å².